The van der Waals surface area contributed by atoms with E-state index in [0.717, 1.165) is 54.1 Å². The second-order valence-corrected chi connectivity index (χ2v) is 10.5. The molecule has 1 atom stereocenters. The zero-order chi connectivity index (χ0) is 26.9. The summed E-state index contributed by atoms with van der Waals surface area (Å²) in [7, 11) is 1.98. The summed E-state index contributed by atoms with van der Waals surface area (Å²) in [6.45, 7) is 3.96. The Kier molecular flexibility index (Phi) is 6.79. The number of benzene rings is 3. The van der Waals surface area contributed by atoms with Gasteiger partial charge in [0.05, 0.1) is 17.1 Å². The fourth-order valence-electron chi connectivity index (χ4n) is 5.72. The Morgan fingerprint density at radius 1 is 0.974 bits per heavy atom. The maximum absolute atomic E-state index is 13.9. The predicted molar refractivity (Wildman–Crippen MR) is 151 cm³/mol. The second-order valence-electron chi connectivity index (χ2n) is 10.5. The van der Waals surface area contributed by atoms with Gasteiger partial charge in [0.2, 0.25) is 0 Å². The van der Waals surface area contributed by atoms with Gasteiger partial charge in [-0.05, 0) is 99.3 Å². The molecule has 8 nitrogen and oxygen atoms in total. The third kappa shape index (κ3) is 5.00. The van der Waals surface area contributed by atoms with Crippen LogP contribution in [0.15, 0.2) is 72.8 Å². The number of rotatable bonds is 7. The van der Waals surface area contributed by atoms with E-state index in [9.17, 15) is 9.59 Å². The molecule has 39 heavy (non-hydrogen) atoms. The Bertz CT molecular complexity index is 1490. The lowest BCUT2D eigenvalue weighted by Crippen LogP contribution is -2.39. The Balaban J connectivity index is 1.29. The minimum absolute atomic E-state index is 0.00347. The molecule has 2 fully saturated rings. The highest BCUT2D eigenvalue weighted by molar-refractivity contribution is 6.12. The molecule has 1 aromatic heterocycles. The van der Waals surface area contributed by atoms with Crippen LogP contribution < -0.4 is 15.0 Å². The highest BCUT2D eigenvalue weighted by atomic mass is 16.5. The van der Waals surface area contributed by atoms with Gasteiger partial charge < -0.3 is 14.6 Å². The third-order valence-corrected chi connectivity index (χ3v) is 7.82. The van der Waals surface area contributed by atoms with Crippen LogP contribution in [0, 0.1) is 12.8 Å². The number of aromatic nitrogens is 2. The van der Waals surface area contributed by atoms with Crippen molar-refractivity contribution < 1.29 is 14.3 Å². The molecular weight excluding hydrogens is 490 g/mol. The molecule has 0 saturated carbocycles. The van der Waals surface area contributed by atoms with E-state index in [0.29, 0.717) is 23.8 Å². The van der Waals surface area contributed by atoms with Crippen molar-refractivity contribution in [2.45, 2.75) is 32.2 Å². The average molecular weight is 524 g/mol. The Morgan fingerprint density at radius 3 is 2.44 bits per heavy atom. The lowest BCUT2D eigenvalue weighted by molar-refractivity contribution is -0.127. The third-order valence-electron chi connectivity index (χ3n) is 7.82. The van der Waals surface area contributed by atoms with Gasteiger partial charge in [-0.1, -0.05) is 24.3 Å². The van der Waals surface area contributed by atoms with Gasteiger partial charge in [0.15, 0.2) is 0 Å². The molecule has 2 saturated heterocycles. The number of carbonyl (C=O) groups excluding carboxylic acids is 2. The summed E-state index contributed by atoms with van der Waals surface area (Å²) in [5.41, 5.74) is 3.69. The lowest BCUT2D eigenvalue weighted by Gasteiger charge is -2.31. The first kappa shape index (κ1) is 25.1. The number of urea groups is 1. The fourth-order valence-corrected chi connectivity index (χ4v) is 5.72. The maximum atomic E-state index is 13.9. The van der Waals surface area contributed by atoms with Crippen LogP contribution in [0.3, 0.4) is 0 Å². The standard InChI is InChI=1S/C31H33N5O3/c1-21-8-13-26-27(18-21)34(2)30(33-26)28(19-22-14-16-32-17-15-22)36-29(37)20-35(31(36)38)23-9-11-25(12-10-23)39-24-6-4-3-5-7-24/h3-13,18,22,28,32H,14-17,19-20H2,1-2H3/t28-/m0/s1. The van der Waals surface area contributed by atoms with Crippen LogP contribution in [-0.2, 0) is 11.8 Å². The van der Waals surface area contributed by atoms with E-state index in [4.69, 9.17) is 9.72 Å². The molecule has 8 heteroatoms. The quantitative estimate of drug-likeness (QED) is 0.320. The molecule has 0 bridgehead atoms. The first-order valence-corrected chi connectivity index (χ1v) is 13.6. The Hall–Kier alpha value is -4.17. The van der Waals surface area contributed by atoms with E-state index in [1.165, 1.54) is 4.90 Å². The number of amides is 3. The largest absolute Gasteiger partial charge is 0.457 e. The van der Waals surface area contributed by atoms with Crippen molar-refractivity contribution in [1.82, 2.24) is 19.8 Å². The summed E-state index contributed by atoms with van der Waals surface area (Å²) >= 11 is 0. The van der Waals surface area contributed by atoms with Crippen LogP contribution in [0.25, 0.3) is 11.0 Å². The van der Waals surface area contributed by atoms with Gasteiger partial charge >= 0.3 is 6.03 Å². The van der Waals surface area contributed by atoms with Gasteiger partial charge in [-0.3, -0.25) is 14.6 Å². The number of hydrogen-bond donors (Lipinski definition) is 1. The van der Waals surface area contributed by atoms with Crippen LogP contribution in [0.5, 0.6) is 11.5 Å². The summed E-state index contributed by atoms with van der Waals surface area (Å²) in [4.78, 5) is 35.3. The highest BCUT2D eigenvalue weighted by Crippen LogP contribution is 2.37. The topological polar surface area (TPSA) is 79.7 Å². The number of piperidine rings is 1. The van der Waals surface area contributed by atoms with Crippen LogP contribution in [0.1, 0.15) is 36.7 Å². The second kappa shape index (κ2) is 10.5. The van der Waals surface area contributed by atoms with E-state index in [1.807, 2.05) is 78.3 Å². The van der Waals surface area contributed by atoms with Gasteiger partial charge in [-0.2, -0.15) is 0 Å². The van der Waals surface area contributed by atoms with Crippen LogP contribution in [0.2, 0.25) is 0 Å². The van der Waals surface area contributed by atoms with E-state index in [1.54, 1.807) is 4.90 Å². The first-order chi connectivity index (χ1) is 19.0. The monoisotopic (exact) mass is 523 g/mol. The van der Waals surface area contributed by atoms with Gasteiger partial charge in [0.1, 0.15) is 23.9 Å². The Labute approximate surface area is 228 Å². The summed E-state index contributed by atoms with van der Waals surface area (Å²) in [5.74, 6) is 2.36. The van der Waals surface area contributed by atoms with Crippen LogP contribution >= 0.6 is 0 Å². The number of imidazole rings is 1. The zero-order valence-electron chi connectivity index (χ0n) is 22.3. The molecule has 6 rings (SSSR count). The zero-order valence-corrected chi connectivity index (χ0v) is 22.3. The molecule has 0 unspecified atom stereocenters. The molecule has 4 aromatic rings. The minimum atomic E-state index is -0.434. The number of ether oxygens (including phenoxy) is 1. The number of carbonyl (C=O) groups is 2. The SMILES string of the molecule is Cc1ccc2nc([C@H](CC3CCNCC3)N3C(=O)CN(c4ccc(Oc5ccccc5)cc4)C3=O)n(C)c2c1. The van der Waals surface area contributed by atoms with Crippen LogP contribution in [0.4, 0.5) is 10.5 Å². The van der Waals surface area contributed by atoms with Crippen LogP contribution in [-0.4, -0.2) is 46.0 Å². The van der Waals surface area contributed by atoms with Crippen molar-refractivity contribution in [3.63, 3.8) is 0 Å². The molecule has 1 N–H and O–H groups in total. The minimum Gasteiger partial charge on any atom is -0.457 e. The molecule has 2 aliphatic rings. The normalized spacial score (nSPS) is 17.3. The van der Waals surface area contributed by atoms with E-state index < -0.39 is 6.04 Å². The summed E-state index contributed by atoms with van der Waals surface area (Å²) < 4.78 is 7.95. The van der Waals surface area contributed by atoms with Crippen molar-refractivity contribution in [2.75, 3.05) is 24.5 Å². The molecule has 0 spiro atoms. The molecule has 2 aliphatic heterocycles. The fraction of sp³-hybridized carbons (Fsp3) is 0.323. The molecular formula is C31H33N5O3. The molecule has 200 valence electrons. The number of hydrogen-bond acceptors (Lipinski definition) is 5. The molecule has 3 aromatic carbocycles. The number of para-hydroxylation sites is 1. The summed E-state index contributed by atoms with van der Waals surface area (Å²) in [6.07, 6.45) is 2.73. The van der Waals surface area contributed by atoms with Gasteiger partial charge in [-0.15, -0.1) is 0 Å². The van der Waals surface area contributed by atoms with Crippen molar-refractivity contribution in [2.24, 2.45) is 13.0 Å². The summed E-state index contributed by atoms with van der Waals surface area (Å²) in [6, 6.07) is 22.3. The molecule has 0 radical (unpaired) electrons. The highest BCUT2D eigenvalue weighted by Gasteiger charge is 2.44. The van der Waals surface area contributed by atoms with E-state index in [-0.39, 0.29) is 18.5 Å². The van der Waals surface area contributed by atoms with Gasteiger partial charge in [0, 0.05) is 12.7 Å². The molecule has 0 aliphatic carbocycles. The van der Waals surface area contributed by atoms with E-state index in [2.05, 4.69) is 18.3 Å². The number of aryl methyl sites for hydroxylation is 2. The molecule has 3 heterocycles. The van der Waals surface area contributed by atoms with Gasteiger partial charge in [-0.25, -0.2) is 9.78 Å². The van der Waals surface area contributed by atoms with Crippen molar-refractivity contribution in [3.05, 3.63) is 84.2 Å². The number of nitrogens with one attached hydrogen (secondary N) is 1. The van der Waals surface area contributed by atoms with E-state index >= 15 is 0 Å². The van der Waals surface area contributed by atoms with Crippen molar-refractivity contribution in [3.8, 4) is 11.5 Å². The summed E-state index contributed by atoms with van der Waals surface area (Å²) in [5, 5.41) is 3.42. The van der Waals surface area contributed by atoms with Gasteiger partial charge in [0.25, 0.3) is 5.91 Å². The van der Waals surface area contributed by atoms with Crippen molar-refractivity contribution in [1.29, 1.82) is 0 Å². The number of anilines is 1. The number of fused-ring (bicyclic) bond motifs is 1. The Morgan fingerprint density at radius 2 is 1.69 bits per heavy atom. The number of imide groups is 1. The lowest BCUT2D eigenvalue weighted by atomic mass is 9.90. The smallest absolute Gasteiger partial charge is 0.332 e. The number of nitrogens with zero attached hydrogens (tertiary/aromatic N) is 4. The predicted octanol–water partition coefficient (Wildman–Crippen LogP) is 5.57. The molecule has 3 amide bonds. The van der Waals surface area contributed by atoms with Crippen molar-refractivity contribution >= 4 is 28.7 Å². The first-order valence-electron chi connectivity index (χ1n) is 13.6. The average Bonchev–Trinajstić information content (AvgIpc) is 3.44. The maximum Gasteiger partial charge on any atom is 0.332 e.